The first-order valence-corrected chi connectivity index (χ1v) is 9.38. The summed E-state index contributed by atoms with van der Waals surface area (Å²) in [7, 11) is 4.94. The van der Waals surface area contributed by atoms with Crippen molar-refractivity contribution < 1.29 is 28.5 Å². The van der Waals surface area contributed by atoms with Crippen LogP contribution in [0.5, 0.6) is 23.0 Å². The average Bonchev–Trinajstić information content (AvgIpc) is 2.73. The van der Waals surface area contributed by atoms with E-state index in [0.717, 1.165) is 5.56 Å². The topological polar surface area (TPSA) is 98.4 Å². The van der Waals surface area contributed by atoms with E-state index in [1.54, 1.807) is 50.4 Å². The first kappa shape index (κ1) is 21.3. The molecular formula is C21H25N3O6. The Labute approximate surface area is 174 Å². The number of ether oxygens (including phenoxy) is 4. The third kappa shape index (κ3) is 5.54. The number of imide groups is 1. The molecule has 3 rings (SSSR count). The first-order chi connectivity index (χ1) is 14.5. The van der Waals surface area contributed by atoms with E-state index in [4.69, 9.17) is 18.9 Å². The van der Waals surface area contributed by atoms with Crippen molar-refractivity contribution in [3.05, 3.63) is 42.0 Å². The van der Waals surface area contributed by atoms with Crippen LogP contribution >= 0.6 is 0 Å². The Balaban J connectivity index is 1.50. The summed E-state index contributed by atoms with van der Waals surface area (Å²) in [6, 6.07) is 9.91. The van der Waals surface area contributed by atoms with Gasteiger partial charge < -0.3 is 24.3 Å². The van der Waals surface area contributed by atoms with Crippen LogP contribution in [-0.2, 0) is 11.3 Å². The number of carbonyl (C=O) groups is 2. The maximum atomic E-state index is 12.2. The van der Waals surface area contributed by atoms with Crippen molar-refractivity contribution in [1.82, 2.24) is 10.2 Å². The van der Waals surface area contributed by atoms with Crippen molar-refractivity contribution in [3.8, 4) is 23.0 Å². The number of nitrogens with zero attached hydrogens (tertiary/aromatic N) is 1. The molecular weight excluding hydrogens is 390 g/mol. The van der Waals surface area contributed by atoms with Gasteiger partial charge in [0.25, 0.3) is 0 Å². The lowest BCUT2D eigenvalue weighted by Crippen LogP contribution is -2.40. The van der Waals surface area contributed by atoms with Crippen molar-refractivity contribution in [2.75, 3.05) is 46.3 Å². The summed E-state index contributed by atoms with van der Waals surface area (Å²) < 4.78 is 21.5. The molecule has 0 aliphatic carbocycles. The standard InChI is InChI=1S/C21H25N3O6/c1-24(12-14-4-6-16(27-2)11-18(14)28-3)13-20(25)23-21(26)22-15-5-7-17-19(10-15)30-9-8-29-17/h4-7,10-11H,8-9,12-13H2,1-3H3,(H2,22,23,25,26). The molecule has 0 aromatic heterocycles. The Morgan fingerprint density at radius 1 is 1.03 bits per heavy atom. The number of fused-ring (bicyclic) bond motifs is 1. The van der Waals surface area contributed by atoms with Gasteiger partial charge in [-0.1, -0.05) is 6.07 Å². The van der Waals surface area contributed by atoms with Crippen molar-refractivity contribution in [2.45, 2.75) is 6.54 Å². The minimum atomic E-state index is -0.618. The lowest BCUT2D eigenvalue weighted by atomic mass is 10.2. The highest BCUT2D eigenvalue weighted by Gasteiger charge is 2.15. The van der Waals surface area contributed by atoms with Gasteiger partial charge in [-0.05, 0) is 25.2 Å². The zero-order chi connectivity index (χ0) is 21.5. The molecule has 0 saturated heterocycles. The molecule has 1 aliphatic heterocycles. The molecule has 0 fully saturated rings. The summed E-state index contributed by atoms with van der Waals surface area (Å²) in [5, 5.41) is 4.94. The van der Waals surface area contributed by atoms with E-state index in [0.29, 0.717) is 48.4 Å². The Kier molecular flexibility index (Phi) is 6.97. The quantitative estimate of drug-likeness (QED) is 0.716. The van der Waals surface area contributed by atoms with Gasteiger partial charge in [-0.2, -0.15) is 0 Å². The summed E-state index contributed by atoms with van der Waals surface area (Å²) in [4.78, 5) is 26.1. The largest absolute Gasteiger partial charge is 0.497 e. The number of methoxy groups -OCH3 is 2. The second-order valence-electron chi connectivity index (χ2n) is 6.71. The van der Waals surface area contributed by atoms with E-state index in [9.17, 15) is 9.59 Å². The summed E-state index contributed by atoms with van der Waals surface area (Å²) in [6.45, 7) is 1.44. The van der Waals surface area contributed by atoms with E-state index in [1.807, 2.05) is 12.1 Å². The molecule has 3 amide bonds. The Morgan fingerprint density at radius 2 is 1.80 bits per heavy atom. The Morgan fingerprint density at radius 3 is 2.53 bits per heavy atom. The lowest BCUT2D eigenvalue weighted by molar-refractivity contribution is -0.120. The SMILES string of the molecule is COc1ccc(CN(C)CC(=O)NC(=O)Nc2ccc3c(c2)OCCO3)c(OC)c1. The summed E-state index contributed by atoms with van der Waals surface area (Å²) in [5.41, 5.74) is 1.40. The minimum Gasteiger partial charge on any atom is -0.497 e. The van der Waals surface area contributed by atoms with E-state index < -0.39 is 11.9 Å². The van der Waals surface area contributed by atoms with Gasteiger partial charge in [0.2, 0.25) is 5.91 Å². The minimum absolute atomic E-state index is 0.0315. The molecule has 2 aromatic rings. The third-order valence-electron chi connectivity index (χ3n) is 4.40. The average molecular weight is 415 g/mol. The number of anilines is 1. The van der Waals surface area contributed by atoms with Crippen LogP contribution in [0.1, 0.15) is 5.56 Å². The number of nitrogens with one attached hydrogen (secondary N) is 2. The molecule has 0 atom stereocenters. The Hall–Kier alpha value is -3.46. The third-order valence-corrected chi connectivity index (χ3v) is 4.40. The molecule has 2 N–H and O–H groups in total. The van der Waals surface area contributed by atoms with Gasteiger partial charge in [0.15, 0.2) is 11.5 Å². The predicted molar refractivity (Wildman–Crippen MR) is 110 cm³/mol. The van der Waals surface area contributed by atoms with Gasteiger partial charge in [-0.3, -0.25) is 15.0 Å². The predicted octanol–water partition coefficient (Wildman–Crippen LogP) is 2.26. The molecule has 9 heteroatoms. The molecule has 160 valence electrons. The molecule has 0 spiro atoms. The van der Waals surface area contributed by atoms with Gasteiger partial charge in [0, 0.05) is 29.9 Å². The number of rotatable bonds is 7. The van der Waals surface area contributed by atoms with Gasteiger partial charge in [0.05, 0.1) is 20.8 Å². The summed E-state index contributed by atoms with van der Waals surface area (Å²) >= 11 is 0. The maximum absolute atomic E-state index is 12.2. The molecule has 30 heavy (non-hydrogen) atoms. The second kappa shape index (κ2) is 9.84. The number of urea groups is 1. The monoisotopic (exact) mass is 415 g/mol. The molecule has 0 unspecified atom stereocenters. The van der Waals surface area contributed by atoms with Gasteiger partial charge >= 0.3 is 6.03 Å². The van der Waals surface area contributed by atoms with Crippen LogP contribution in [0.2, 0.25) is 0 Å². The normalized spacial score (nSPS) is 12.3. The summed E-state index contributed by atoms with van der Waals surface area (Å²) in [5.74, 6) is 2.10. The van der Waals surface area contributed by atoms with Gasteiger partial charge in [0.1, 0.15) is 24.7 Å². The maximum Gasteiger partial charge on any atom is 0.325 e. The summed E-state index contributed by atoms with van der Waals surface area (Å²) in [6.07, 6.45) is 0. The van der Waals surface area contributed by atoms with E-state index in [2.05, 4.69) is 10.6 Å². The number of benzene rings is 2. The fourth-order valence-electron chi connectivity index (χ4n) is 3.02. The van der Waals surface area contributed by atoms with Crippen LogP contribution in [0.3, 0.4) is 0 Å². The molecule has 2 aromatic carbocycles. The van der Waals surface area contributed by atoms with Crippen molar-refractivity contribution in [3.63, 3.8) is 0 Å². The van der Waals surface area contributed by atoms with Crippen LogP contribution in [0.4, 0.5) is 10.5 Å². The number of likely N-dealkylation sites (N-methyl/N-ethyl adjacent to an activating group) is 1. The smallest absolute Gasteiger partial charge is 0.325 e. The molecule has 0 saturated carbocycles. The number of carbonyl (C=O) groups excluding carboxylic acids is 2. The fraction of sp³-hybridized carbons (Fsp3) is 0.333. The van der Waals surface area contributed by atoms with Crippen molar-refractivity contribution in [1.29, 1.82) is 0 Å². The highest BCUT2D eigenvalue weighted by atomic mass is 16.6. The molecule has 0 radical (unpaired) electrons. The van der Waals surface area contributed by atoms with E-state index >= 15 is 0 Å². The number of hydrogen-bond acceptors (Lipinski definition) is 7. The van der Waals surface area contributed by atoms with E-state index in [1.165, 1.54) is 0 Å². The van der Waals surface area contributed by atoms with Crippen LogP contribution in [0, 0.1) is 0 Å². The molecule has 9 nitrogen and oxygen atoms in total. The van der Waals surface area contributed by atoms with Gasteiger partial charge in [-0.15, -0.1) is 0 Å². The van der Waals surface area contributed by atoms with Gasteiger partial charge in [-0.25, -0.2) is 4.79 Å². The van der Waals surface area contributed by atoms with Crippen molar-refractivity contribution >= 4 is 17.6 Å². The van der Waals surface area contributed by atoms with Crippen LogP contribution < -0.4 is 29.6 Å². The van der Waals surface area contributed by atoms with Crippen molar-refractivity contribution in [2.24, 2.45) is 0 Å². The van der Waals surface area contributed by atoms with Crippen LogP contribution in [0.15, 0.2) is 36.4 Å². The first-order valence-electron chi connectivity index (χ1n) is 9.38. The molecule has 1 heterocycles. The number of hydrogen-bond donors (Lipinski definition) is 2. The molecule has 1 aliphatic rings. The zero-order valence-corrected chi connectivity index (χ0v) is 17.2. The number of amides is 3. The fourth-order valence-corrected chi connectivity index (χ4v) is 3.02. The van der Waals surface area contributed by atoms with Crippen LogP contribution in [-0.4, -0.2) is 57.9 Å². The Bertz CT molecular complexity index is 918. The van der Waals surface area contributed by atoms with Crippen LogP contribution in [0.25, 0.3) is 0 Å². The second-order valence-corrected chi connectivity index (χ2v) is 6.71. The zero-order valence-electron chi connectivity index (χ0n) is 17.2. The molecule has 0 bridgehead atoms. The van der Waals surface area contributed by atoms with E-state index in [-0.39, 0.29) is 6.54 Å². The lowest BCUT2D eigenvalue weighted by Gasteiger charge is -2.19. The highest BCUT2D eigenvalue weighted by Crippen LogP contribution is 2.32. The highest BCUT2D eigenvalue weighted by molar-refractivity contribution is 6.01.